The topological polar surface area (TPSA) is 66.9 Å². The lowest BCUT2D eigenvalue weighted by atomic mass is 10.0. The Morgan fingerprint density at radius 1 is 1.16 bits per heavy atom. The van der Waals surface area contributed by atoms with E-state index >= 15 is 0 Å². The monoisotopic (exact) mass is 344 g/mol. The van der Waals surface area contributed by atoms with Gasteiger partial charge in [0.25, 0.3) is 5.91 Å². The van der Waals surface area contributed by atoms with E-state index in [1.165, 1.54) is 0 Å². The number of carbonyl (C=O) groups is 3. The van der Waals surface area contributed by atoms with E-state index in [2.05, 4.69) is 6.92 Å². The second kappa shape index (κ2) is 7.68. The van der Waals surface area contributed by atoms with Gasteiger partial charge in [0, 0.05) is 31.7 Å². The van der Waals surface area contributed by atoms with Crippen molar-refractivity contribution in [2.24, 2.45) is 5.92 Å². The van der Waals surface area contributed by atoms with Crippen LogP contribution >= 0.6 is 0 Å². The summed E-state index contributed by atoms with van der Waals surface area (Å²) in [6, 6.07) is 6.76. The minimum Gasteiger partial charge on any atom is -0.452 e. The fraction of sp³-hybridized carbons (Fsp3) is 0.526. The second-order valence-electron chi connectivity index (χ2n) is 6.86. The van der Waals surface area contributed by atoms with Gasteiger partial charge in [-0.3, -0.25) is 9.59 Å². The molecule has 0 aromatic heterocycles. The van der Waals surface area contributed by atoms with Gasteiger partial charge in [0.2, 0.25) is 5.91 Å². The molecule has 2 aliphatic rings. The maximum Gasteiger partial charge on any atom is 0.338 e. The predicted molar refractivity (Wildman–Crippen MR) is 93.3 cm³/mol. The average Bonchev–Trinajstić information content (AvgIpc) is 3.05. The molecule has 1 atom stereocenters. The van der Waals surface area contributed by atoms with Crippen LogP contribution in [0, 0.1) is 5.92 Å². The zero-order chi connectivity index (χ0) is 17.8. The first-order valence-corrected chi connectivity index (χ1v) is 8.90. The molecule has 0 spiro atoms. The molecule has 25 heavy (non-hydrogen) atoms. The molecule has 6 nitrogen and oxygen atoms in total. The maximum absolute atomic E-state index is 12.1. The number of ether oxygens (including phenoxy) is 1. The molecule has 2 saturated heterocycles. The Balaban J connectivity index is 1.52. The van der Waals surface area contributed by atoms with Crippen LogP contribution in [0.3, 0.4) is 0 Å². The van der Waals surface area contributed by atoms with Crippen LogP contribution in [0.1, 0.15) is 43.0 Å². The minimum atomic E-state index is -0.516. The van der Waals surface area contributed by atoms with Gasteiger partial charge >= 0.3 is 5.97 Å². The Morgan fingerprint density at radius 3 is 2.56 bits per heavy atom. The number of likely N-dealkylation sites (tertiary alicyclic amines) is 1. The van der Waals surface area contributed by atoms with Gasteiger partial charge in [-0.05, 0) is 49.4 Å². The fourth-order valence-corrected chi connectivity index (χ4v) is 3.42. The Kier molecular flexibility index (Phi) is 5.36. The summed E-state index contributed by atoms with van der Waals surface area (Å²) < 4.78 is 5.15. The molecule has 2 heterocycles. The van der Waals surface area contributed by atoms with Gasteiger partial charge in [-0.25, -0.2) is 4.79 Å². The third kappa shape index (κ3) is 4.18. The van der Waals surface area contributed by atoms with Crippen molar-refractivity contribution in [2.45, 2.75) is 32.6 Å². The van der Waals surface area contributed by atoms with Crippen molar-refractivity contribution in [1.29, 1.82) is 0 Å². The zero-order valence-corrected chi connectivity index (χ0v) is 14.6. The molecule has 2 fully saturated rings. The number of amides is 2. The third-order valence-corrected chi connectivity index (χ3v) is 4.82. The number of benzene rings is 1. The van der Waals surface area contributed by atoms with Crippen LogP contribution in [-0.2, 0) is 14.3 Å². The third-order valence-electron chi connectivity index (χ3n) is 4.82. The molecular weight excluding hydrogens is 320 g/mol. The summed E-state index contributed by atoms with van der Waals surface area (Å²) >= 11 is 0. The van der Waals surface area contributed by atoms with Crippen molar-refractivity contribution in [1.82, 2.24) is 4.90 Å². The van der Waals surface area contributed by atoms with Gasteiger partial charge in [0.05, 0.1) is 5.56 Å². The number of hydrogen-bond donors (Lipinski definition) is 0. The van der Waals surface area contributed by atoms with Crippen molar-refractivity contribution >= 4 is 23.5 Å². The van der Waals surface area contributed by atoms with E-state index in [1.54, 1.807) is 34.1 Å². The molecule has 2 aliphatic heterocycles. The van der Waals surface area contributed by atoms with E-state index < -0.39 is 5.97 Å². The summed E-state index contributed by atoms with van der Waals surface area (Å²) in [6.07, 6.45) is 3.56. The Labute approximate surface area is 147 Å². The van der Waals surface area contributed by atoms with Crippen LogP contribution in [0.25, 0.3) is 0 Å². The number of esters is 1. The molecule has 0 unspecified atom stereocenters. The van der Waals surface area contributed by atoms with E-state index in [0.717, 1.165) is 38.0 Å². The van der Waals surface area contributed by atoms with Gasteiger partial charge in [-0.2, -0.15) is 0 Å². The number of hydrogen-bond acceptors (Lipinski definition) is 4. The van der Waals surface area contributed by atoms with Gasteiger partial charge < -0.3 is 14.5 Å². The summed E-state index contributed by atoms with van der Waals surface area (Å²) in [5, 5.41) is 0. The molecular formula is C19H24N2O4. The van der Waals surface area contributed by atoms with E-state index in [1.807, 2.05) is 0 Å². The van der Waals surface area contributed by atoms with Crippen molar-refractivity contribution in [3.05, 3.63) is 29.8 Å². The summed E-state index contributed by atoms with van der Waals surface area (Å²) in [5.74, 6) is -0.0529. The molecule has 2 amide bonds. The highest BCUT2D eigenvalue weighted by atomic mass is 16.5. The molecule has 0 saturated carbocycles. The highest BCUT2D eigenvalue weighted by Crippen LogP contribution is 2.22. The molecule has 0 N–H and O–H groups in total. The van der Waals surface area contributed by atoms with Crippen LogP contribution in [0.2, 0.25) is 0 Å². The van der Waals surface area contributed by atoms with Crippen molar-refractivity contribution in [3.63, 3.8) is 0 Å². The largest absolute Gasteiger partial charge is 0.452 e. The van der Waals surface area contributed by atoms with Crippen LogP contribution in [0.4, 0.5) is 5.69 Å². The lowest BCUT2D eigenvalue weighted by Crippen LogP contribution is -2.41. The lowest BCUT2D eigenvalue weighted by molar-refractivity contribution is -0.136. The summed E-state index contributed by atoms with van der Waals surface area (Å²) in [6.45, 7) is 4.08. The van der Waals surface area contributed by atoms with Gasteiger partial charge in [0.15, 0.2) is 6.61 Å². The summed E-state index contributed by atoms with van der Waals surface area (Å²) in [7, 11) is 0. The smallest absolute Gasteiger partial charge is 0.338 e. The van der Waals surface area contributed by atoms with Crippen molar-refractivity contribution in [3.8, 4) is 0 Å². The first-order valence-electron chi connectivity index (χ1n) is 8.90. The molecule has 0 radical (unpaired) electrons. The van der Waals surface area contributed by atoms with Crippen molar-refractivity contribution < 1.29 is 19.1 Å². The molecule has 6 heteroatoms. The van der Waals surface area contributed by atoms with E-state index in [9.17, 15) is 14.4 Å². The Hall–Kier alpha value is -2.37. The molecule has 0 aliphatic carbocycles. The Morgan fingerprint density at radius 2 is 1.92 bits per heavy atom. The molecule has 1 aromatic carbocycles. The number of carbonyl (C=O) groups excluding carboxylic acids is 3. The number of anilines is 1. The second-order valence-corrected chi connectivity index (χ2v) is 6.86. The first-order chi connectivity index (χ1) is 12.0. The lowest BCUT2D eigenvalue weighted by Gasteiger charge is -2.30. The minimum absolute atomic E-state index is 0.108. The number of piperidine rings is 1. The van der Waals surface area contributed by atoms with Gasteiger partial charge in [0.1, 0.15) is 0 Å². The van der Waals surface area contributed by atoms with Crippen LogP contribution in [0.15, 0.2) is 24.3 Å². The Bertz CT molecular complexity index is 656. The van der Waals surface area contributed by atoms with E-state index in [0.29, 0.717) is 24.4 Å². The zero-order valence-electron chi connectivity index (χ0n) is 14.6. The molecule has 1 aromatic rings. The fourth-order valence-electron chi connectivity index (χ4n) is 3.42. The van der Waals surface area contributed by atoms with Gasteiger partial charge in [-0.15, -0.1) is 0 Å². The average molecular weight is 344 g/mol. The maximum atomic E-state index is 12.1. The first kappa shape index (κ1) is 17.5. The predicted octanol–water partition coefficient (Wildman–Crippen LogP) is 2.23. The summed E-state index contributed by atoms with van der Waals surface area (Å²) in [5.41, 5.74) is 1.17. The standard InChI is InChI=1S/C19H24N2O4/c1-14-4-2-10-20(12-14)18(23)13-25-19(24)15-6-8-16(9-7-15)21-11-3-5-17(21)22/h6-9,14H,2-5,10-13H2,1H3/t14-/m0/s1. The number of rotatable bonds is 4. The van der Waals surface area contributed by atoms with E-state index in [4.69, 9.17) is 4.74 Å². The van der Waals surface area contributed by atoms with Crippen LogP contribution in [-0.4, -0.2) is 48.9 Å². The normalized spacial score (nSPS) is 20.7. The summed E-state index contributed by atoms with van der Waals surface area (Å²) in [4.78, 5) is 39.5. The molecule has 134 valence electrons. The molecule has 0 bridgehead atoms. The van der Waals surface area contributed by atoms with E-state index in [-0.39, 0.29) is 18.4 Å². The highest BCUT2D eigenvalue weighted by molar-refractivity contribution is 5.96. The highest BCUT2D eigenvalue weighted by Gasteiger charge is 2.23. The number of nitrogens with zero attached hydrogens (tertiary/aromatic N) is 2. The van der Waals surface area contributed by atoms with Crippen molar-refractivity contribution in [2.75, 3.05) is 31.1 Å². The SMILES string of the molecule is C[C@H]1CCCN(C(=O)COC(=O)c2ccc(N3CCCC3=O)cc2)C1. The van der Waals surface area contributed by atoms with Crippen LogP contribution in [0.5, 0.6) is 0 Å². The van der Waals surface area contributed by atoms with Crippen LogP contribution < -0.4 is 4.90 Å². The quantitative estimate of drug-likeness (QED) is 0.786. The molecule has 3 rings (SSSR count). The van der Waals surface area contributed by atoms with Gasteiger partial charge in [-0.1, -0.05) is 6.92 Å².